The van der Waals surface area contributed by atoms with Gasteiger partial charge in [0.2, 0.25) is 0 Å². The van der Waals surface area contributed by atoms with E-state index >= 15 is 0 Å². The summed E-state index contributed by atoms with van der Waals surface area (Å²) < 4.78 is 5.24. The molecule has 1 fully saturated rings. The van der Waals surface area contributed by atoms with E-state index in [0.717, 1.165) is 26.1 Å². The van der Waals surface area contributed by atoms with Crippen LogP contribution in [0, 0.1) is 16.0 Å². The number of nitrogens with one attached hydrogen (secondary N) is 2. The third-order valence-electron chi connectivity index (χ3n) is 3.24. The van der Waals surface area contributed by atoms with E-state index in [9.17, 15) is 14.9 Å². The van der Waals surface area contributed by atoms with Gasteiger partial charge >= 0.3 is 6.03 Å². The van der Waals surface area contributed by atoms with E-state index in [-0.39, 0.29) is 11.4 Å². The minimum Gasteiger partial charge on any atom is -0.381 e. The molecular formula is C13H17N3O4. The Kier molecular flexibility index (Phi) is 4.89. The molecule has 1 aromatic carbocycles. The Labute approximate surface area is 116 Å². The van der Waals surface area contributed by atoms with Crippen molar-refractivity contribution >= 4 is 17.4 Å². The molecule has 0 aliphatic carbocycles. The maximum Gasteiger partial charge on any atom is 0.319 e. The highest BCUT2D eigenvalue weighted by molar-refractivity contribution is 5.91. The van der Waals surface area contributed by atoms with Crippen molar-refractivity contribution in [3.05, 3.63) is 34.4 Å². The summed E-state index contributed by atoms with van der Waals surface area (Å²) in [5, 5.41) is 16.1. The minimum absolute atomic E-state index is 0.117. The van der Waals surface area contributed by atoms with Crippen LogP contribution in [0.15, 0.2) is 24.3 Å². The molecule has 0 aromatic heterocycles. The molecule has 0 saturated carbocycles. The molecule has 7 nitrogen and oxygen atoms in total. The van der Waals surface area contributed by atoms with Crippen molar-refractivity contribution in [3.63, 3.8) is 0 Å². The molecule has 2 N–H and O–H groups in total. The number of carbonyl (C=O) groups is 1. The van der Waals surface area contributed by atoms with Crippen molar-refractivity contribution in [1.29, 1.82) is 0 Å². The number of rotatable bonds is 4. The van der Waals surface area contributed by atoms with Crippen LogP contribution in [-0.2, 0) is 4.74 Å². The summed E-state index contributed by atoms with van der Waals surface area (Å²) in [4.78, 5) is 22.1. The quantitative estimate of drug-likeness (QED) is 0.652. The molecule has 20 heavy (non-hydrogen) atoms. The van der Waals surface area contributed by atoms with Gasteiger partial charge in [0.25, 0.3) is 5.69 Å². The molecule has 1 aliphatic heterocycles. The van der Waals surface area contributed by atoms with Crippen molar-refractivity contribution in [2.45, 2.75) is 12.8 Å². The molecule has 0 bridgehead atoms. The molecule has 0 atom stereocenters. The number of hydrogen-bond donors (Lipinski definition) is 2. The summed E-state index contributed by atoms with van der Waals surface area (Å²) in [6.45, 7) is 1.99. The Balaban J connectivity index is 1.86. The lowest BCUT2D eigenvalue weighted by atomic mass is 10.0. The van der Waals surface area contributed by atoms with E-state index in [0.29, 0.717) is 12.5 Å². The van der Waals surface area contributed by atoms with Gasteiger partial charge in [0.15, 0.2) is 0 Å². The van der Waals surface area contributed by atoms with Crippen LogP contribution in [0.1, 0.15) is 12.8 Å². The van der Waals surface area contributed by atoms with Crippen LogP contribution in [0.3, 0.4) is 0 Å². The normalized spacial score (nSPS) is 15.6. The predicted octanol–water partition coefficient (Wildman–Crippen LogP) is 2.14. The van der Waals surface area contributed by atoms with Gasteiger partial charge in [-0.1, -0.05) is 12.1 Å². The monoisotopic (exact) mass is 279 g/mol. The molecule has 0 spiro atoms. The van der Waals surface area contributed by atoms with Gasteiger partial charge in [-0.15, -0.1) is 0 Å². The molecule has 0 radical (unpaired) electrons. The molecule has 1 aromatic rings. The number of nitrogens with zero attached hydrogens (tertiary/aromatic N) is 1. The fraction of sp³-hybridized carbons (Fsp3) is 0.462. The molecule has 1 aliphatic rings. The summed E-state index contributed by atoms with van der Waals surface area (Å²) in [6.07, 6.45) is 1.84. The Morgan fingerprint density at radius 1 is 1.35 bits per heavy atom. The first kappa shape index (κ1) is 14.3. The smallest absolute Gasteiger partial charge is 0.319 e. The molecule has 7 heteroatoms. The van der Waals surface area contributed by atoms with Gasteiger partial charge in [-0.25, -0.2) is 4.79 Å². The number of nitro benzene ring substituents is 1. The first-order chi connectivity index (χ1) is 9.66. The Morgan fingerprint density at radius 3 is 2.75 bits per heavy atom. The zero-order valence-electron chi connectivity index (χ0n) is 11.0. The fourth-order valence-corrected chi connectivity index (χ4v) is 2.09. The number of amides is 2. The Morgan fingerprint density at radius 2 is 2.05 bits per heavy atom. The first-order valence-electron chi connectivity index (χ1n) is 6.53. The second kappa shape index (κ2) is 6.85. The highest BCUT2D eigenvalue weighted by Crippen LogP contribution is 2.22. The van der Waals surface area contributed by atoms with Gasteiger partial charge in [0.05, 0.1) is 4.92 Å². The lowest BCUT2D eigenvalue weighted by molar-refractivity contribution is -0.383. The topological polar surface area (TPSA) is 93.5 Å². The second-order valence-corrected chi connectivity index (χ2v) is 4.67. The van der Waals surface area contributed by atoms with E-state index < -0.39 is 11.0 Å². The van der Waals surface area contributed by atoms with E-state index in [1.54, 1.807) is 12.1 Å². The highest BCUT2D eigenvalue weighted by Gasteiger charge is 2.17. The van der Waals surface area contributed by atoms with E-state index in [4.69, 9.17) is 4.74 Å². The van der Waals surface area contributed by atoms with E-state index in [2.05, 4.69) is 10.6 Å². The summed E-state index contributed by atoms with van der Waals surface area (Å²) in [6, 6.07) is 5.63. The number of urea groups is 1. The van der Waals surface area contributed by atoms with Gasteiger partial charge in [-0.05, 0) is 24.8 Å². The van der Waals surface area contributed by atoms with Crippen LogP contribution in [0.25, 0.3) is 0 Å². The van der Waals surface area contributed by atoms with Crippen LogP contribution in [-0.4, -0.2) is 30.7 Å². The van der Waals surface area contributed by atoms with Crippen LogP contribution < -0.4 is 10.6 Å². The zero-order chi connectivity index (χ0) is 14.4. The molecule has 108 valence electrons. The van der Waals surface area contributed by atoms with Crippen LogP contribution in [0.5, 0.6) is 0 Å². The molecule has 2 amide bonds. The van der Waals surface area contributed by atoms with Crippen molar-refractivity contribution in [1.82, 2.24) is 5.32 Å². The standard InChI is InChI=1S/C13H17N3O4/c17-13(14-9-10-5-7-20-8-6-10)15-11-3-1-2-4-12(11)16(18)19/h1-4,10H,5-9H2,(H2,14,15,17). The average molecular weight is 279 g/mol. The first-order valence-corrected chi connectivity index (χ1v) is 6.53. The van der Waals surface area contributed by atoms with Crippen molar-refractivity contribution in [2.24, 2.45) is 5.92 Å². The summed E-state index contributed by atoms with van der Waals surface area (Å²) in [5.74, 6) is 0.403. The number of para-hydroxylation sites is 2. The van der Waals surface area contributed by atoms with Gasteiger partial charge in [-0.2, -0.15) is 0 Å². The number of carbonyl (C=O) groups excluding carboxylic acids is 1. The lowest BCUT2D eigenvalue weighted by Gasteiger charge is -2.22. The largest absolute Gasteiger partial charge is 0.381 e. The maximum absolute atomic E-state index is 11.8. The molecule has 2 rings (SSSR count). The molecule has 1 saturated heterocycles. The van der Waals surface area contributed by atoms with Crippen molar-refractivity contribution < 1.29 is 14.5 Å². The van der Waals surface area contributed by atoms with Crippen LogP contribution in [0.2, 0.25) is 0 Å². The van der Waals surface area contributed by atoms with Gasteiger partial charge in [0.1, 0.15) is 5.69 Å². The third kappa shape index (κ3) is 3.92. The zero-order valence-corrected chi connectivity index (χ0v) is 11.0. The SMILES string of the molecule is O=C(NCC1CCOCC1)Nc1ccccc1[N+](=O)[O-]. The maximum atomic E-state index is 11.8. The average Bonchev–Trinajstić information content (AvgIpc) is 2.46. The van der Waals surface area contributed by atoms with Crippen molar-refractivity contribution in [3.8, 4) is 0 Å². The number of hydrogen-bond acceptors (Lipinski definition) is 4. The van der Waals surface area contributed by atoms with Gasteiger partial charge in [-0.3, -0.25) is 10.1 Å². The van der Waals surface area contributed by atoms with Crippen molar-refractivity contribution in [2.75, 3.05) is 25.1 Å². The molecule has 0 unspecified atom stereocenters. The highest BCUT2D eigenvalue weighted by atomic mass is 16.6. The summed E-state index contributed by atoms with van der Waals surface area (Å²) >= 11 is 0. The number of nitro groups is 1. The third-order valence-corrected chi connectivity index (χ3v) is 3.24. The summed E-state index contributed by atoms with van der Waals surface area (Å²) in [5.41, 5.74) is 0.0793. The van der Waals surface area contributed by atoms with Gasteiger partial charge in [0, 0.05) is 25.8 Å². The van der Waals surface area contributed by atoms with Gasteiger partial charge < -0.3 is 15.4 Å². The molecular weight excluding hydrogens is 262 g/mol. The predicted molar refractivity (Wildman–Crippen MR) is 73.7 cm³/mol. The second-order valence-electron chi connectivity index (χ2n) is 4.67. The fourth-order valence-electron chi connectivity index (χ4n) is 2.09. The van der Waals surface area contributed by atoms with Crippen LogP contribution >= 0.6 is 0 Å². The molecule has 1 heterocycles. The van der Waals surface area contributed by atoms with E-state index in [1.165, 1.54) is 12.1 Å². The van der Waals surface area contributed by atoms with E-state index in [1.807, 2.05) is 0 Å². The number of benzene rings is 1. The number of ether oxygens (including phenoxy) is 1. The number of anilines is 1. The van der Waals surface area contributed by atoms with Crippen LogP contribution in [0.4, 0.5) is 16.2 Å². The lowest BCUT2D eigenvalue weighted by Crippen LogP contribution is -2.35. The Bertz CT molecular complexity index is 486. The minimum atomic E-state index is -0.520. The Hall–Kier alpha value is -2.15. The summed E-state index contributed by atoms with van der Waals surface area (Å²) in [7, 11) is 0.